The Hall–Kier alpha value is -2.57. The van der Waals surface area contributed by atoms with Gasteiger partial charge in [0.1, 0.15) is 0 Å². The van der Waals surface area contributed by atoms with Gasteiger partial charge >= 0.3 is 5.97 Å². The van der Waals surface area contributed by atoms with Crippen molar-refractivity contribution in [2.24, 2.45) is 4.99 Å². The molecule has 0 aromatic heterocycles. The monoisotopic (exact) mass is 376 g/mol. The summed E-state index contributed by atoms with van der Waals surface area (Å²) in [5.41, 5.74) is 1.80. The Kier molecular flexibility index (Phi) is 10.6. The molecule has 0 saturated carbocycles. The van der Waals surface area contributed by atoms with E-state index in [1.54, 1.807) is 19.0 Å². The molecule has 27 heavy (non-hydrogen) atoms. The van der Waals surface area contributed by atoms with E-state index < -0.39 is 0 Å². The zero-order valence-electron chi connectivity index (χ0n) is 16.9. The van der Waals surface area contributed by atoms with Crippen LogP contribution in [0.25, 0.3) is 0 Å². The molecule has 1 aromatic rings. The van der Waals surface area contributed by atoms with Crippen LogP contribution < -0.4 is 10.6 Å². The van der Waals surface area contributed by atoms with Gasteiger partial charge in [-0.15, -0.1) is 0 Å². The first-order valence-corrected chi connectivity index (χ1v) is 9.37. The first kappa shape index (κ1) is 22.5. The SMILES string of the molecule is CCNC(=NCCCCC(=O)OC)NCCc1cccc(C(=O)N(C)C)c1. The van der Waals surface area contributed by atoms with E-state index >= 15 is 0 Å². The highest BCUT2D eigenvalue weighted by Crippen LogP contribution is 2.07. The first-order valence-electron chi connectivity index (χ1n) is 9.37. The zero-order valence-corrected chi connectivity index (χ0v) is 16.9. The van der Waals surface area contributed by atoms with Crippen LogP contribution in [-0.4, -0.2) is 63.6 Å². The molecule has 0 heterocycles. The Morgan fingerprint density at radius 2 is 1.96 bits per heavy atom. The average molecular weight is 377 g/mol. The molecule has 7 heteroatoms. The summed E-state index contributed by atoms with van der Waals surface area (Å²) < 4.78 is 4.62. The van der Waals surface area contributed by atoms with Crippen LogP contribution in [0.3, 0.4) is 0 Å². The lowest BCUT2D eigenvalue weighted by Gasteiger charge is -2.13. The minimum atomic E-state index is -0.181. The summed E-state index contributed by atoms with van der Waals surface area (Å²) in [7, 11) is 4.90. The number of esters is 1. The number of hydrogen-bond acceptors (Lipinski definition) is 4. The molecule has 0 atom stereocenters. The van der Waals surface area contributed by atoms with Gasteiger partial charge in [0.05, 0.1) is 7.11 Å². The lowest BCUT2D eigenvalue weighted by molar-refractivity contribution is -0.140. The summed E-state index contributed by atoms with van der Waals surface area (Å²) in [6.45, 7) is 4.17. The number of ether oxygens (including phenoxy) is 1. The normalized spacial score (nSPS) is 11.0. The number of carbonyl (C=O) groups is 2. The minimum absolute atomic E-state index is 0.00617. The molecule has 0 bridgehead atoms. The lowest BCUT2D eigenvalue weighted by atomic mass is 10.1. The molecule has 0 unspecified atom stereocenters. The summed E-state index contributed by atoms with van der Waals surface area (Å²) in [5, 5.41) is 6.51. The molecular formula is C20H32N4O3. The van der Waals surface area contributed by atoms with Crippen molar-refractivity contribution < 1.29 is 14.3 Å². The molecule has 7 nitrogen and oxygen atoms in total. The molecule has 1 amide bonds. The van der Waals surface area contributed by atoms with E-state index in [1.165, 1.54) is 7.11 Å². The van der Waals surface area contributed by atoms with Crippen LogP contribution in [0.5, 0.6) is 0 Å². The molecule has 0 aliphatic heterocycles. The van der Waals surface area contributed by atoms with Crippen LogP contribution in [0.4, 0.5) is 0 Å². The van der Waals surface area contributed by atoms with Crippen LogP contribution in [0.15, 0.2) is 29.3 Å². The van der Waals surface area contributed by atoms with Crippen LogP contribution >= 0.6 is 0 Å². The fourth-order valence-corrected chi connectivity index (χ4v) is 2.46. The van der Waals surface area contributed by atoms with E-state index in [1.807, 2.05) is 31.2 Å². The van der Waals surface area contributed by atoms with Crippen LogP contribution in [-0.2, 0) is 16.0 Å². The third-order valence-corrected chi connectivity index (χ3v) is 3.92. The highest BCUT2D eigenvalue weighted by atomic mass is 16.5. The Labute approximate surface area is 162 Å². The van der Waals surface area contributed by atoms with Crippen LogP contribution in [0, 0.1) is 0 Å². The summed E-state index contributed by atoms with van der Waals surface area (Å²) in [5.74, 6) is 0.585. The fraction of sp³-hybridized carbons (Fsp3) is 0.550. The standard InChI is InChI=1S/C20H32N4O3/c1-5-21-20(22-13-7-6-11-18(25)27-4)23-14-12-16-9-8-10-17(15-16)19(26)24(2)3/h8-10,15H,5-7,11-14H2,1-4H3,(H2,21,22,23). The molecule has 1 aromatic carbocycles. The molecule has 1 rings (SSSR count). The predicted octanol–water partition coefficient (Wildman–Crippen LogP) is 1.83. The van der Waals surface area contributed by atoms with Gasteiger partial charge in [-0.2, -0.15) is 0 Å². The summed E-state index contributed by atoms with van der Waals surface area (Å²) >= 11 is 0. The van der Waals surface area contributed by atoms with Crippen molar-refractivity contribution in [3.05, 3.63) is 35.4 Å². The Balaban J connectivity index is 2.46. The van der Waals surface area contributed by atoms with Crippen LogP contribution in [0.2, 0.25) is 0 Å². The van der Waals surface area contributed by atoms with E-state index in [0.717, 1.165) is 37.3 Å². The summed E-state index contributed by atoms with van der Waals surface area (Å²) in [6.07, 6.45) is 2.82. The quantitative estimate of drug-likeness (QED) is 0.282. The maximum Gasteiger partial charge on any atom is 0.305 e. The van der Waals surface area contributed by atoms with Gasteiger partial charge in [-0.1, -0.05) is 12.1 Å². The van der Waals surface area contributed by atoms with Gasteiger partial charge in [0, 0.05) is 45.7 Å². The number of benzene rings is 1. The number of guanidine groups is 1. The Morgan fingerprint density at radius 3 is 2.63 bits per heavy atom. The number of carbonyl (C=O) groups excluding carboxylic acids is 2. The highest BCUT2D eigenvalue weighted by Gasteiger charge is 2.08. The lowest BCUT2D eigenvalue weighted by Crippen LogP contribution is -2.38. The number of methoxy groups -OCH3 is 1. The maximum atomic E-state index is 12.0. The Morgan fingerprint density at radius 1 is 1.19 bits per heavy atom. The Bertz CT molecular complexity index is 629. The molecule has 0 fully saturated rings. The zero-order chi connectivity index (χ0) is 20.1. The van der Waals surface area contributed by atoms with Crippen molar-refractivity contribution in [3.63, 3.8) is 0 Å². The van der Waals surface area contributed by atoms with E-state index in [9.17, 15) is 9.59 Å². The minimum Gasteiger partial charge on any atom is -0.469 e. The second-order valence-electron chi connectivity index (χ2n) is 6.37. The van der Waals surface area contributed by atoms with Crippen molar-refractivity contribution in [1.82, 2.24) is 15.5 Å². The van der Waals surface area contributed by atoms with E-state index in [4.69, 9.17) is 0 Å². The number of aliphatic imine (C=N–C) groups is 1. The number of amides is 1. The van der Waals surface area contributed by atoms with Crippen molar-refractivity contribution >= 4 is 17.8 Å². The second-order valence-corrected chi connectivity index (χ2v) is 6.37. The molecule has 0 aliphatic rings. The number of hydrogen-bond donors (Lipinski definition) is 2. The van der Waals surface area contributed by atoms with Gasteiger partial charge in [0.25, 0.3) is 5.91 Å². The summed E-state index contributed by atoms with van der Waals surface area (Å²) in [4.78, 5) is 29.2. The van der Waals surface area contributed by atoms with Gasteiger partial charge in [-0.05, 0) is 43.9 Å². The topological polar surface area (TPSA) is 83.0 Å². The molecule has 150 valence electrons. The third-order valence-electron chi connectivity index (χ3n) is 3.92. The second kappa shape index (κ2) is 12.7. The molecule has 2 N–H and O–H groups in total. The average Bonchev–Trinajstić information content (AvgIpc) is 2.66. The van der Waals surface area contributed by atoms with Gasteiger partial charge in [-0.3, -0.25) is 14.6 Å². The maximum absolute atomic E-state index is 12.0. The molecule has 0 aliphatic carbocycles. The summed E-state index contributed by atoms with van der Waals surface area (Å²) in [6, 6.07) is 7.69. The van der Waals surface area contributed by atoms with Gasteiger partial charge in [-0.25, -0.2) is 0 Å². The van der Waals surface area contributed by atoms with Crippen molar-refractivity contribution in [2.45, 2.75) is 32.6 Å². The third kappa shape index (κ3) is 9.08. The molecule has 0 saturated heterocycles. The van der Waals surface area contributed by atoms with Gasteiger partial charge in [0.2, 0.25) is 0 Å². The predicted molar refractivity (Wildman–Crippen MR) is 108 cm³/mol. The number of nitrogens with one attached hydrogen (secondary N) is 2. The molecular weight excluding hydrogens is 344 g/mol. The molecule has 0 radical (unpaired) electrons. The van der Waals surface area contributed by atoms with Crippen LogP contribution in [0.1, 0.15) is 42.1 Å². The fourth-order valence-electron chi connectivity index (χ4n) is 2.46. The van der Waals surface area contributed by atoms with Gasteiger partial charge < -0.3 is 20.3 Å². The smallest absolute Gasteiger partial charge is 0.305 e. The number of unbranched alkanes of at least 4 members (excludes halogenated alkanes) is 1. The van der Waals surface area contributed by atoms with Crippen molar-refractivity contribution in [1.29, 1.82) is 0 Å². The number of rotatable bonds is 10. The molecule has 0 spiro atoms. The number of nitrogens with zero attached hydrogens (tertiary/aromatic N) is 2. The van der Waals surface area contributed by atoms with E-state index in [-0.39, 0.29) is 11.9 Å². The van der Waals surface area contributed by atoms with E-state index in [0.29, 0.717) is 25.1 Å². The van der Waals surface area contributed by atoms with Gasteiger partial charge in [0.15, 0.2) is 5.96 Å². The largest absolute Gasteiger partial charge is 0.469 e. The van der Waals surface area contributed by atoms with E-state index in [2.05, 4.69) is 20.4 Å². The van der Waals surface area contributed by atoms with Crippen molar-refractivity contribution in [2.75, 3.05) is 40.8 Å². The van der Waals surface area contributed by atoms with Crippen molar-refractivity contribution in [3.8, 4) is 0 Å². The first-order chi connectivity index (χ1) is 13.0. The highest BCUT2D eigenvalue weighted by molar-refractivity contribution is 5.94.